The molecule has 3 nitrogen and oxygen atoms in total. The second kappa shape index (κ2) is 6.98. The largest absolute Gasteiger partial charge is 0.338 e. The fraction of sp³-hybridized carbons (Fsp3) is 0.562. The quantitative estimate of drug-likeness (QED) is 0.885. The summed E-state index contributed by atoms with van der Waals surface area (Å²) in [6, 6.07) is 7.97. The minimum Gasteiger partial charge on any atom is -0.338 e. The summed E-state index contributed by atoms with van der Waals surface area (Å²) in [6.45, 7) is 5.87. The van der Waals surface area contributed by atoms with Gasteiger partial charge in [0.25, 0.3) is 0 Å². The van der Waals surface area contributed by atoms with Crippen molar-refractivity contribution >= 4 is 17.6 Å². The first kappa shape index (κ1) is 15.2. The molecule has 1 aliphatic rings. The van der Waals surface area contributed by atoms with Gasteiger partial charge in [0.05, 0.1) is 6.04 Å². The van der Waals surface area contributed by atoms with Crippen molar-refractivity contribution < 1.29 is 4.79 Å². The van der Waals surface area contributed by atoms with Crippen LogP contribution in [0.4, 0.5) is 4.79 Å². The third-order valence-corrected chi connectivity index (χ3v) is 4.12. The fourth-order valence-electron chi connectivity index (χ4n) is 2.65. The maximum Gasteiger partial charge on any atom is 0.317 e. The molecule has 20 heavy (non-hydrogen) atoms. The molecular formula is C16H23ClN2O. The van der Waals surface area contributed by atoms with Crippen LogP contribution < -0.4 is 5.32 Å². The fourth-order valence-corrected chi connectivity index (χ4v) is 2.91. The summed E-state index contributed by atoms with van der Waals surface area (Å²) >= 11 is 6.26. The normalized spacial score (nSPS) is 18.6. The molecule has 1 fully saturated rings. The van der Waals surface area contributed by atoms with Crippen LogP contribution in [0.3, 0.4) is 0 Å². The maximum atomic E-state index is 12.3. The number of hydrogen-bond donors (Lipinski definition) is 1. The Morgan fingerprint density at radius 2 is 2.20 bits per heavy atom. The number of carbonyl (C=O) groups excluding carboxylic acids is 1. The SMILES string of the molecule is CC(C)CCNC(=O)N1CCC[C@@H]1c1ccccc1Cl. The van der Waals surface area contributed by atoms with Crippen molar-refractivity contribution in [2.75, 3.05) is 13.1 Å². The lowest BCUT2D eigenvalue weighted by atomic mass is 10.0. The summed E-state index contributed by atoms with van der Waals surface area (Å²) in [7, 11) is 0. The molecule has 1 N–H and O–H groups in total. The highest BCUT2D eigenvalue weighted by Gasteiger charge is 2.30. The summed E-state index contributed by atoms with van der Waals surface area (Å²) in [5.74, 6) is 0.605. The summed E-state index contributed by atoms with van der Waals surface area (Å²) in [6.07, 6.45) is 3.03. The zero-order valence-electron chi connectivity index (χ0n) is 12.2. The van der Waals surface area contributed by atoms with Crippen LogP contribution in [0.2, 0.25) is 5.02 Å². The number of nitrogens with zero attached hydrogens (tertiary/aromatic N) is 1. The van der Waals surface area contributed by atoms with Gasteiger partial charge in [-0.3, -0.25) is 0 Å². The van der Waals surface area contributed by atoms with Crippen LogP contribution in [0.15, 0.2) is 24.3 Å². The van der Waals surface area contributed by atoms with Gasteiger partial charge in [0.2, 0.25) is 0 Å². The Bertz CT molecular complexity index is 462. The lowest BCUT2D eigenvalue weighted by Crippen LogP contribution is -2.40. The van der Waals surface area contributed by atoms with Crippen LogP contribution in [-0.2, 0) is 0 Å². The Kier molecular flexibility index (Phi) is 5.30. The Balaban J connectivity index is 2.00. The number of rotatable bonds is 4. The number of likely N-dealkylation sites (tertiary alicyclic amines) is 1. The molecule has 2 rings (SSSR count). The molecule has 0 aliphatic carbocycles. The van der Waals surface area contributed by atoms with Crippen molar-refractivity contribution in [1.82, 2.24) is 10.2 Å². The molecule has 110 valence electrons. The van der Waals surface area contributed by atoms with E-state index in [9.17, 15) is 4.79 Å². The van der Waals surface area contributed by atoms with Crippen molar-refractivity contribution in [2.45, 2.75) is 39.2 Å². The van der Waals surface area contributed by atoms with Gasteiger partial charge in [-0.05, 0) is 36.8 Å². The number of halogens is 1. The minimum absolute atomic E-state index is 0.0352. The van der Waals surface area contributed by atoms with Crippen LogP contribution in [-0.4, -0.2) is 24.0 Å². The van der Waals surface area contributed by atoms with Crippen molar-refractivity contribution in [3.63, 3.8) is 0 Å². The summed E-state index contributed by atoms with van der Waals surface area (Å²) in [5.41, 5.74) is 1.06. The number of nitrogens with one attached hydrogen (secondary N) is 1. The van der Waals surface area contributed by atoms with Crippen LogP contribution in [0.1, 0.15) is 44.7 Å². The number of amides is 2. The topological polar surface area (TPSA) is 32.3 Å². The summed E-state index contributed by atoms with van der Waals surface area (Å²) < 4.78 is 0. The Labute approximate surface area is 126 Å². The average Bonchev–Trinajstić information content (AvgIpc) is 2.87. The summed E-state index contributed by atoms with van der Waals surface area (Å²) in [4.78, 5) is 14.2. The standard InChI is InChI=1S/C16H23ClN2O/c1-12(2)9-10-18-16(20)19-11-5-8-15(19)13-6-3-4-7-14(13)17/h3-4,6-7,12,15H,5,8-11H2,1-2H3,(H,18,20)/t15-/m1/s1. The van der Waals surface area contributed by atoms with Crippen LogP contribution >= 0.6 is 11.6 Å². The van der Waals surface area contributed by atoms with Gasteiger partial charge in [-0.15, -0.1) is 0 Å². The highest BCUT2D eigenvalue weighted by Crippen LogP contribution is 2.35. The third-order valence-electron chi connectivity index (χ3n) is 3.78. The summed E-state index contributed by atoms with van der Waals surface area (Å²) in [5, 5.41) is 3.77. The molecule has 1 atom stereocenters. The van der Waals surface area contributed by atoms with Gasteiger partial charge in [-0.1, -0.05) is 43.6 Å². The Morgan fingerprint density at radius 3 is 2.90 bits per heavy atom. The Morgan fingerprint density at radius 1 is 1.45 bits per heavy atom. The molecule has 1 aromatic carbocycles. The lowest BCUT2D eigenvalue weighted by Gasteiger charge is -2.26. The molecular weight excluding hydrogens is 272 g/mol. The van der Waals surface area contributed by atoms with E-state index in [0.29, 0.717) is 5.92 Å². The van der Waals surface area contributed by atoms with E-state index in [2.05, 4.69) is 19.2 Å². The van der Waals surface area contributed by atoms with E-state index in [0.717, 1.165) is 42.9 Å². The second-order valence-electron chi connectivity index (χ2n) is 5.79. The van der Waals surface area contributed by atoms with E-state index in [1.165, 1.54) is 0 Å². The molecule has 0 aromatic heterocycles. The first-order valence-corrected chi connectivity index (χ1v) is 7.76. The van der Waals surface area contributed by atoms with Gasteiger partial charge in [-0.2, -0.15) is 0 Å². The van der Waals surface area contributed by atoms with Gasteiger partial charge in [0.1, 0.15) is 0 Å². The third kappa shape index (κ3) is 3.66. The van der Waals surface area contributed by atoms with E-state index in [4.69, 9.17) is 11.6 Å². The first-order valence-electron chi connectivity index (χ1n) is 7.38. The zero-order chi connectivity index (χ0) is 14.5. The lowest BCUT2D eigenvalue weighted by molar-refractivity contribution is 0.192. The van der Waals surface area contributed by atoms with Crippen LogP contribution in [0, 0.1) is 5.92 Å². The minimum atomic E-state index is 0.0352. The predicted octanol–water partition coefficient (Wildman–Crippen LogP) is 4.23. The zero-order valence-corrected chi connectivity index (χ0v) is 13.0. The van der Waals surface area contributed by atoms with E-state index in [-0.39, 0.29) is 12.1 Å². The van der Waals surface area contributed by atoms with E-state index < -0.39 is 0 Å². The number of hydrogen-bond acceptors (Lipinski definition) is 1. The molecule has 0 bridgehead atoms. The van der Waals surface area contributed by atoms with Crippen molar-refractivity contribution in [3.05, 3.63) is 34.9 Å². The van der Waals surface area contributed by atoms with E-state index in [1.54, 1.807) is 0 Å². The molecule has 0 spiro atoms. The molecule has 4 heteroatoms. The van der Waals surface area contributed by atoms with Gasteiger partial charge in [-0.25, -0.2) is 4.79 Å². The maximum absolute atomic E-state index is 12.3. The van der Waals surface area contributed by atoms with E-state index >= 15 is 0 Å². The highest BCUT2D eigenvalue weighted by atomic mass is 35.5. The predicted molar refractivity (Wildman–Crippen MR) is 83.0 cm³/mol. The molecule has 0 saturated carbocycles. The average molecular weight is 295 g/mol. The molecule has 1 heterocycles. The van der Waals surface area contributed by atoms with E-state index in [1.807, 2.05) is 29.2 Å². The van der Waals surface area contributed by atoms with Crippen molar-refractivity contribution in [1.29, 1.82) is 0 Å². The molecule has 1 saturated heterocycles. The first-order chi connectivity index (χ1) is 9.59. The van der Waals surface area contributed by atoms with Gasteiger partial charge < -0.3 is 10.2 Å². The van der Waals surface area contributed by atoms with Gasteiger partial charge >= 0.3 is 6.03 Å². The van der Waals surface area contributed by atoms with Crippen molar-refractivity contribution in [2.24, 2.45) is 5.92 Å². The number of urea groups is 1. The van der Waals surface area contributed by atoms with Gasteiger partial charge in [0, 0.05) is 18.1 Å². The van der Waals surface area contributed by atoms with Crippen LogP contribution in [0.5, 0.6) is 0 Å². The highest BCUT2D eigenvalue weighted by molar-refractivity contribution is 6.31. The molecule has 2 amide bonds. The van der Waals surface area contributed by atoms with Crippen molar-refractivity contribution in [3.8, 4) is 0 Å². The second-order valence-corrected chi connectivity index (χ2v) is 6.19. The molecule has 1 aliphatic heterocycles. The monoisotopic (exact) mass is 294 g/mol. The smallest absolute Gasteiger partial charge is 0.317 e. The Hall–Kier alpha value is -1.22. The number of carbonyl (C=O) groups is 1. The molecule has 0 radical (unpaired) electrons. The molecule has 1 aromatic rings. The van der Waals surface area contributed by atoms with Gasteiger partial charge in [0.15, 0.2) is 0 Å². The molecule has 0 unspecified atom stereocenters. The number of benzene rings is 1. The van der Waals surface area contributed by atoms with Crippen LogP contribution in [0.25, 0.3) is 0 Å².